The van der Waals surface area contributed by atoms with Gasteiger partial charge in [-0.2, -0.15) is 0 Å². The number of hydrogen-bond acceptors (Lipinski definition) is 12. The van der Waals surface area contributed by atoms with E-state index in [-0.39, 0.29) is 11.5 Å². The van der Waals surface area contributed by atoms with Gasteiger partial charge in [0, 0.05) is 73.1 Å². The molecular formula is C49H51N9O7. The van der Waals surface area contributed by atoms with Crippen LogP contribution in [0.3, 0.4) is 0 Å². The van der Waals surface area contributed by atoms with Crippen molar-refractivity contribution in [3.8, 4) is 34.0 Å². The SMILES string of the molecule is CCOC(CN(C)C(=O)c1ccc(Nc2nccn3c(-c4ccc(OC)cc4)cnc23)cc1C)OCC.COc1ccc(-c2cnc3c(Nc4ccc(C(=O)O)c(C)c4)nccn23)cc1. The van der Waals surface area contributed by atoms with Crippen molar-refractivity contribution in [2.45, 2.75) is 34.0 Å². The Morgan fingerprint density at radius 3 is 1.51 bits per heavy atom. The monoisotopic (exact) mass is 877 g/mol. The standard InChI is InChI=1S/C28H33N5O4.C21H18N4O3/c1-6-36-25(37-7-2)18-32(4)28(34)23-13-10-21(16-19(23)3)31-26-27-30-17-24(33(27)15-14-29-26)20-8-11-22(35-5)12-9-20;1-13-11-15(5-8-17(13)21(26)27)24-19-20-23-12-18(25(20)10-9-22-19)14-3-6-16(28-2)7-4-14/h8-17,25H,6-7,18H2,1-5H3,(H,29,31);3-12H,1-2H3,(H,22,24)(H,26,27). The number of hydrogen-bond donors (Lipinski definition) is 3. The van der Waals surface area contributed by atoms with Crippen molar-refractivity contribution in [2.75, 3.05) is 51.7 Å². The minimum Gasteiger partial charge on any atom is -0.497 e. The summed E-state index contributed by atoms with van der Waals surface area (Å²) < 4.78 is 25.6. The van der Waals surface area contributed by atoms with Crippen molar-refractivity contribution < 1.29 is 33.6 Å². The number of carboxylic acids is 1. The molecule has 334 valence electrons. The lowest BCUT2D eigenvalue weighted by molar-refractivity contribution is -0.141. The number of carboxylic acid groups (broad SMARTS) is 1. The van der Waals surface area contributed by atoms with Crippen molar-refractivity contribution in [2.24, 2.45) is 0 Å². The highest BCUT2D eigenvalue weighted by Gasteiger charge is 2.20. The van der Waals surface area contributed by atoms with E-state index in [1.807, 2.05) is 115 Å². The van der Waals surface area contributed by atoms with Crippen LogP contribution in [0.2, 0.25) is 0 Å². The molecule has 4 aromatic carbocycles. The van der Waals surface area contributed by atoms with Gasteiger partial charge < -0.3 is 39.6 Å². The molecule has 0 aliphatic carbocycles. The molecule has 3 N–H and O–H groups in total. The third kappa shape index (κ3) is 10.4. The highest BCUT2D eigenvalue weighted by Crippen LogP contribution is 2.29. The van der Waals surface area contributed by atoms with Crippen molar-refractivity contribution in [1.82, 2.24) is 33.6 Å². The molecule has 0 aliphatic heterocycles. The molecule has 4 aromatic heterocycles. The summed E-state index contributed by atoms with van der Waals surface area (Å²) in [6.07, 6.45) is 10.3. The molecule has 65 heavy (non-hydrogen) atoms. The van der Waals surface area contributed by atoms with Crippen molar-refractivity contribution in [3.05, 3.63) is 144 Å². The fourth-order valence-electron chi connectivity index (χ4n) is 7.24. The number of carbonyl (C=O) groups is 2. The number of carbonyl (C=O) groups excluding carboxylic acids is 1. The number of aryl methyl sites for hydroxylation is 2. The Kier molecular flexibility index (Phi) is 14.3. The summed E-state index contributed by atoms with van der Waals surface area (Å²) in [4.78, 5) is 43.9. The number of anilines is 4. The van der Waals surface area contributed by atoms with Gasteiger partial charge in [-0.15, -0.1) is 0 Å². The Balaban J connectivity index is 0.000000201. The first kappa shape index (κ1) is 45.2. The van der Waals surface area contributed by atoms with Crippen LogP contribution in [0.4, 0.5) is 23.0 Å². The van der Waals surface area contributed by atoms with E-state index in [2.05, 4.69) is 30.6 Å². The second-order valence-corrected chi connectivity index (χ2v) is 14.8. The lowest BCUT2D eigenvalue weighted by atomic mass is 10.1. The number of imidazole rings is 2. The molecule has 16 heteroatoms. The van der Waals surface area contributed by atoms with Crippen LogP contribution in [0.25, 0.3) is 33.8 Å². The summed E-state index contributed by atoms with van der Waals surface area (Å²) in [5.74, 6) is 1.77. The van der Waals surface area contributed by atoms with E-state index in [4.69, 9.17) is 18.9 Å². The van der Waals surface area contributed by atoms with Gasteiger partial charge in [-0.05, 0) is 124 Å². The van der Waals surface area contributed by atoms with E-state index >= 15 is 0 Å². The summed E-state index contributed by atoms with van der Waals surface area (Å²) >= 11 is 0. The number of rotatable bonds is 16. The largest absolute Gasteiger partial charge is 0.497 e. The molecule has 0 atom stereocenters. The Hall–Kier alpha value is -7.82. The van der Waals surface area contributed by atoms with Gasteiger partial charge in [0.2, 0.25) is 0 Å². The highest BCUT2D eigenvalue weighted by atomic mass is 16.7. The van der Waals surface area contributed by atoms with Crippen molar-refractivity contribution in [3.63, 3.8) is 0 Å². The first-order valence-corrected chi connectivity index (χ1v) is 20.9. The Labute approximate surface area is 376 Å². The van der Waals surface area contributed by atoms with Crippen LogP contribution in [0, 0.1) is 13.8 Å². The normalized spacial score (nSPS) is 11.0. The van der Waals surface area contributed by atoms with E-state index in [0.717, 1.165) is 51.0 Å². The quantitative estimate of drug-likeness (QED) is 0.0784. The number of likely N-dealkylation sites (N-methyl/N-ethyl adjacent to an activating group) is 1. The average molecular weight is 878 g/mol. The second kappa shape index (κ2) is 20.6. The number of methoxy groups -OCH3 is 2. The number of benzene rings is 4. The van der Waals surface area contributed by atoms with E-state index in [1.54, 1.807) is 69.9 Å². The Bertz CT molecular complexity index is 2910. The number of aromatic nitrogens is 6. The van der Waals surface area contributed by atoms with Crippen LogP contribution in [0.15, 0.2) is 122 Å². The van der Waals surface area contributed by atoms with E-state index in [9.17, 15) is 14.7 Å². The topological polar surface area (TPSA) is 179 Å². The molecule has 0 saturated heterocycles. The Morgan fingerprint density at radius 1 is 0.662 bits per heavy atom. The lowest BCUT2D eigenvalue weighted by Crippen LogP contribution is -2.37. The molecule has 0 fully saturated rings. The summed E-state index contributed by atoms with van der Waals surface area (Å²) in [6, 6.07) is 26.3. The molecule has 0 aliphatic rings. The lowest BCUT2D eigenvalue weighted by Gasteiger charge is -2.24. The first-order chi connectivity index (χ1) is 31.5. The molecule has 16 nitrogen and oxygen atoms in total. The zero-order valence-electron chi connectivity index (χ0n) is 37.3. The third-order valence-corrected chi connectivity index (χ3v) is 10.5. The maximum atomic E-state index is 13.1. The third-order valence-electron chi connectivity index (χ3n) is 10.5. The number of amides is 1. The number of nitrogens with zero attached hydrogens (tertiary/aromatic N) is 7. The summed E-state index contributed by atoms with van der Waals surface area (Å²) in [5.41, 5.74) is 9.25. The van der Waals surface area contributed by atoms with Crippen LogP contribution in [-0.4, -0.2) is 97.9 Å². The van der Waals surface area contributed by atoms with E-state index in [1.165, 1.54) is 0 Å². The van der Waals surface area contributed by atoms with Crippen LogP contribution in [0.1, 0.15) is 45.7 Å². The fourth-order valence-corrected chi connectivity index (χ4v) is 7.24. The number of nitrogens with one attached hydrogen (secondary N) is 2. The van der Waals surface area contributed by atoms with Gasteiger partial charge in [-0.1, -0.05) is 0 Å². The molecule has 0 unspecified atom stereocenters. The zero-order valence-corrected chi connectivity index (χ0v) is 37.3. The molecule has 0 bridgehead atoms. The van der Waals surface area contributed by atoms with Crippen LogP contribution in [-0.2, 0) is 9.47 Å². The smallest absolute Gasteiger partial charge is 0.335 e. The first-order valence-electron chi connectivity index (χ1n) is 20.9. The molecule has 0 radical (unpaired) electrons. The maximum Gasteiger partial charge on any atom is 0.335 e. The van der Waals surface area contributed by atoms with Gasteiger partial charge in [-0.25, -0.2) is 24.7 Å². The zero-order chi connectivity index (χ0) is 46.0. The molecule has 0 saturated carbocycles. The van der Waals surface area contributed by atoms with Gasteiger partial charge >= 0.3 is 5.97 Å². The summed E-state index contributed by atoms with van der Waals surface area (Å²) in [6.45, 7) is 8.88. The van der Waals surface area contributed by atoms with Crippen LogP contribution >= 0.6 is 0 Å². The van der Waals surface area contributed by atoms with Crippen LogP contribution in [0.5, 0.6) is 11.5 Å². The van der Waals surface area contributed by atoms with Crippen LogP contribution < -0.4 is 20.1 Å². The summed E-state index contributed by atoms with van der Waals surface area (Å²) in [5, 5.41) is 15.8. The van der Waals surface area contributed by atoms with Gasteiger partial charge in [0.05, 0.1) is 50.1 Å². The number of ether oxygens (including phenoxy) is 4. The maximum absolute atomic E-state index is 13.1. The predicted octanol–water partition coefficient (Wildman–Crippen LogP) is 9.08. The van der Waals surface area contributed by atoms with Gasteiger partial charge in [0.1, 0.15) is 11.5 Å². The molecule has 0 spiro atoms. The highest BCUT2D eigenvalue weighted by molar-refractivity contribution is 5.96. The predicted molar refractivity (Wildman–Crippen MR) is 250 cm³/mol. The number of aromatic carboxylic acids is 1. The second-order valence-electron chi connectivity index (χ2n) is 14.8. The van der Waals surface area contributed by atoms with Gasteiger partial charge in [-0.3, -0.25) is 13.6 Å². The average Bonchev–Trinajstić information content (AvgIpc) is 3.96. The van der Waals surface area contributed by atoms with E-state index < -0.39 is 12.3 Å². The fraction of sp³-hybridized carbons (Fsp3) is 0.224. The molecule has 8 rings (SSSR count). The van der Waals surface area contributed by atoms with Gasteiger partial charge in [0.15, 0.2) is 29.2 Å². The van der Waals surface area contributed by atoms with E-state index in [0.29, 0.717) is 53.8 Å². The molecule has 1 amide bonds. The van der Waals surface area contributed by atoms with Crippen molar-refractivity contribution in [1.29, 1.82) is 0 Å². The van der Waals surface area contributed by atoms with Crippen molar-refractivity contribution >= 4 is 46.2 Å². The minimum absolute atomic E-state index is 0.0916. The molecular weight excluding hydrogens is 827 g/mol. The molecule has 4 heterocycles. The van der Waals surface area contributed by atoms with Gasteiger partial charge in [0.25, 0.3) is 5.91 Å². The minimum atomic E-state index is -0.943. The molecule has 8 aromatic rings. The number of fused-ring (bicyclic) bond motifs is 2. The Morgan fingerprint density at radius 2 is 1.11 bits per heavy atom. The summed E-state index contributed by atoms with van der Waals surface area (Å²) in [7, 11) is 5.04.